The molecule has 0 spiro atoms. The Morgan fingerprint density at radius 3 is 3.00 bits per heavy atom. The standard InChI is InChI=1S/C15H10N6O3S/c22-15(23)13-14(20-21-19-13)24-11-6-16-5-9(17-11)3-4-12-18-10(7-25-12)8-1-2-8/h5-8H,1-2H2,(H,22,23)(H,19,20,21). The predicted octanol–water partition coefficient (Wildman–Crippen LogP) is 1.82. The number of carboxylic acids is 1. The molecule has 10 heteroatoms. The SMILES string of the molecule is O=C(O)c1[nH]nnc1Oc1cncc(C#Cc2nc(C3CC3)cs2)n1. The lowest BCUT2D eigenvalue weighted by molar-refractivity contribution is 0.0687. The molecule has 1 fully saturated rings. The number of ether oxygens (including phenoxy) is 1. The highest BCUT2D eigenvalue weighted by Crippen LogP contribution is 2.40. The van der Waals surface area contributed by atoms with Crippen LogP contribution in [-0.4, -0.2) is 41.4 Å². The number of aromatic nitrogens is 6. The second-order valence-electron chi connectivity index (χ2n) is 5.24. The molecular formula is C15H10N6O3S. The van der Waals surface area contributed by atoms with Gasteiger partial charge in [0.2, 0.25) is 11.6 Å². The number of H-pyrrole nitrogens is 1. The van der Waals surface area contributed by atoms with Crippen LogP contribution in [0.3, 0.4) is 0 Å². The largest absolute Gasteiger partial charge is 0.476 e. The van der Waals surface area contributed by atoms with E-state index in [4.69, 9.17) is 9.84 Å². The summed E-state index contributed by atoms with van der Waals surface area (Å²) in [6, 6.07) is 0. The molecule has 3 heterocycles. The van der Waals surface area contributed by atoms with E-state index in [-0.39, 0.29) is 17.5 Å². The number of carbonyl (C=O) groups is 1. The third-order valence-electron chi connectivity index (χ3n) is 3.36. The first-order valence-corrected chi connectivity index (χ1v) is 8.18. The maximum Gasteiger partial charge on any atom is 0.359 e. The Hall–Kier alpha value is -3.32. The Kier molecular flexibility index (Phi) is 3.83. The van der Waals surface area contributed by atoms with Gasteiger partial charge in [-0.3, -0.25) is 4.98 Å². The van der Waals surface area contributed by atoms with E-state index in [1.807, 2.05) is 5.38 Å². The highest BCUT2D eigenvalue weighted by Gasteiger charge is 2.25. The summed E-state index contributed by atoms with van der Waals surface area (Å²) in [7, 11) is 0. The lowest BCUT2D eigenvalue weighted by Crippen LogP contribution is -2.01. The van der Waals surface area contributed by atoms with E-state index in [9.17, 15) is 4.79 Å². The van der Waals surface area contributed by atoms with E-state index in [1.165, 1.54) is 36.6 Å². The Balaban J connectivity index is 1.52. The summed E-state index contributed by atoms with van der Waals surface area (Å²) in [5.41, 5.74) is 1.21. The van der Waals surface area contributed by atoms with E-state index in [0.717, 1.165) is 10.7 Å². The van der Waals surface area contributed by atoms with Crippen LogP contribution >= 0.6 is 11.3 Å². The third kappa shape index (κ3) is 3.46. The van der Waals surface area contributed by atoms with Gasteiger partial charge in [-0.2, -0.15) is 0 Å². The predicted molar refractivity (Wildman–Crippen MR) is 85.5 cm³/mol. The minimum absolute atomic E-state index is 0.0704. The van der Waals surface area contributed by atoms with E-state index in [1.54, 1.807) is 0 Å². The number of rotatable bonds is 4. The average molecular weight is 354 g/mol. The molecule has 0 aromatic carbocycles. The summed E-state index contributed by atoms with van der Waals surface area (Å²) in [6.45, 7) is 0. The first-order valence-electron chi connectivity index (χ1n) is 7.31. The van der Waals surface area contributed by atoms with Crippen molar-refractivity contribution < 1.29 is 14.6 Å². The molecule has 25 heavy (non-hydrogen) atoms. The van der Waals surface area contributed by atoms with Crippen molar-refractivity contribution in [2.75, 3.05) is 0 Å². The van der Waals surface area contributed by atoms with Crippen LogP contribution in [0.2, 0.25) is 0 Å². The smallest absolute Gasteiger partial charge is 0.359 e. The second-order valence-corrected chi connectivity index (χ2v) is 6.10. The summed E-state index contributed by atoms with van der Waals surface area (Å²) in [6.07, 6.45) is 5.21. The normalized spacial score (nSPS) is 13.1. The lowest BCUT2D eigenvalue weighted by atomic mass is 10.3. The maximum atomic E-state index is 11.0. The molecule has 124 valence electrons. The van der Waals surface area contributed by atoms with Gasteiger partial charge in [0.25, 0.3) is 5.88 Å². The van der Waals surface area contributed by atoms with Crippen molar-refractivity contribution in [3.8, 4) is 23.6 Å². The van der Waals surface area contributed by atoms with E-state index in [0.29, 0.717) is 11.6 Å². The molecule has 1 aliphatic rings. The highest BCUT2D eigenvalue weighted by molar-refractivity contribution is 7.10. The molecule has 0 aliphatic heterocycles. The lowest BCUT2D eigenvalue weighted by Gasteiger charge is -2.00. The van der Waals surface area contributed by atoms with E-state index >= 15 is 0 Å². The van der Waals surface area contributed by atoms with Crippen LogP contribution in [0.15, 0.2) is 17.8 Å². The van der Waals surface area contributed by atoms with Crippen molar-refractivity contribution in [1.29, 1.82) is 0 Å². The number of nitrogens with one attached hydrogen (secondary N) is 1. The summed E-state index contributed by atoms with van der Waals surface area (Å²) in [4.78, 5) is 23.6. The number of aromatic carboxylic acids is 1. The first kappa shape index (κ1) is 15.2. The molecular weight excluding hydrogens is 344 g/mol. The molecule has 0 saturated heterocycles. The molecule has 0 atom stereocenters. The molecule has 0 radical (unpaired) electrons. The Labute approximate surface area is 145 Å². The van der Waals surface area contributed by atoms with Gasteiger partial charge in [0.1, 0.15) is 5.69 Å². The molecule has 0 amide bonds. The van der Waals surface area contributed by atoms with Gasteiger partial charge in [-0.25, -0.2) is 19.9 Å². The van der Waals surface area contributed by atoms with Gasteiger partial charge >= 0.3 is 5.97 Å². The number of hydrogen-bond acceptors (Lipinski definition) is 8. The van der Waals surface area contributed by atoms with Gasteiger partial charge in [0, 0.05) is 11.3 Å². The van der Waals surface area contributed by atoms with Crippen LogP contribution in [0.4, 0.5) is 0 Å². The quantitative estimate of drug-likeness (QED) is 0.679. The monoisotopic (exact) mass is 354 g/mol. The zero-order chi connectivity index (χ0) is 17.2. The van der Waals surface area contributed by atoms with Gasteiger partial charge < -0.3 is 9.84 Å². The number of hydrogen-bond donors (Lipinski definition) is 2. The summed E-state index contributed by atoms with van der Waals surface area (Å²) >= 11 is 1.50. The molecule has 1 saturated carbocycles. The van der Waals surface area contributed by atoms with Gasteiger partial charge in [-0.1, -0.05) is 10.3 Å². The van der Waals surface area contributed by atoms with Gasteiger partial charge in [-0.05, 0) is 24.7 Å². The van der Waals surface area contributed by atoms with Crippen LogP contribution in [0.5, 0.6) is 11.8 Å². The van der Waals surface area contributed by atoms with Crippen molar-refractivity contribution in [3.63, 3.8) is 0 Å². The number of nitrogens with zero attached hydrogens (tertiary/aromatic N) is 5. The molecule has 4 rings (SSSR count). The fourth-order valence-electron chi connectivity index (χ4n) is 2.01. The van der Waals surface area contributed by atoms with Crippen molar-refractivity contribution in [1.82, 2.24) is 30.4 Å². The van der Waals surface area contributed by atoms with Crippen molar-refractivity contribution in [3.05, 3.63) is 39.9 Å². The van der Waals surface area contributed by atoms with Crippen molar-refractivity contribution in [2.24, 2.45) is 0 Å². The molecule has 2 N–H and O–H groups in total. The molecule has 3 aromatic heterocycles. The third-order valence-corrected chi connectivity index (χ3v) is 4.14. The van der Waals surface area contributed by atoms with E-state index < -0.39 is 5.97 Å². The van der Waals surface area contributed by atoms with Crippen LogP contribution < -0.4 is 4.74 Å². The molecule has 9 nitrogen and oxygen atoms in total. The zero-order valence-electron chi connectivity index (χ0n) is 12.6. The minimum atomic E-state index is -1.24. The molecule has 0 unspecified atom stereocenters. The van der Waals surface area contributed by atoms with Crippen LogP contribution in [0.1, 0.15) is 45.6 Å². The van der Waals surface area contributed by atoms with Gasteiger partial charge in [-0.15, -0.1) is 11.3 Å². The van der Waals surface area contributed by atoms with Crippen LogP contribution in [0.25, 0.3) is 0 Å². The Morgan fingerprint density at radius 1 is 1.32 bits per heavy atom. The fourth-order valence-corrected chi connectivity index (χ4v) is 2.76. The van der Waals surface area contributed by atoms with Crippen molar-refractivity contribution in [2.45, 2.75) is 18.8 Å². The topological polar surface area (TPSA) is 127 Å². The average Bonchev–Trinajstić information content (AvgIpc) is 3.16. The zero-order valence-corrected chi connectivity index (χ0v) is 13.4. The molecule has 1 aliphatic carbocycles. The summed E-state index contributed by atoms with van der Waals surface area (Å²) in [5, 5.41) is 20.9. The number of thiazole rings is 1. The number of carboxylic acid groups (broad SMARTS) is 1. The molecule has 0 bridgehead atoms. The van der Waals surface area contributed by atoms with Gasteiger partial charge in [0.05, 0.1) is 18.1 Å². The van der Waals surface area contributed by atoms with Crippen LogP contribution in [0, 0.1) is 11.8 Å². The van der Waals surface area contributed by atoms with Crippen molar-refractivity contribution >= 4 is 17.3 Å². The molecule has 3 aromatic rings. The first-order chi connectivity index (χ1) is 12.2. The Morgan fingerprint density at radius 2 is 2.20 bits per heavy atom. The maximum absolute atomic E-state index is 11.0. The highest BCUT2D eigenvalue weighted by atomic mass is 32.1. The number of aromatic amines is 1. The second kappa shape index (κ2) is 6.29. The minimum Gasteiger partial charge on any atom is -0.476 e. The van der Waals surface area contributed by atoms with Gasteiger partial charge in [0.15, 0.2) is 5.01 Å². The summed E-state index contributed by atoms with van der Waals surface area (Å²) < 4.78 is 5.31. The van der Waals surface area contributed by atoms with Crippen LogP contribution in [-0.2, 0) is 0 Å². The Bertz CT molecular complexity index is 998. The summed E-state index contributed by atoms with van der Waals surface area (Å²) in [5.74, 6) is 5.06. The fraction of sp³-hybridized carbons (Fsp3) is 0.200. The van der Waals surface area contributed by atoms with E-state index in [2.05, 4.69) is 42.2 Å².